The molecule has 2 amide bonds. The van der Waals surface area contributed by atoms with Gasteiger partial charge in [-0.3, -0.25) is 29.4 Å². The van der Waals surface area contributed by atoms with Crippen molar-refractivity contribution in [3.05, 3.63) is 123 Å². The molecule has 4 aromatic rings. The van der Waals surface area contributed by atoms with Gasteiger partial charge < -0.3 is 11.1 Å². The van der Waals surface area contributed by atoms with E-state index in [1.807, 2.05) is 30.3 Å². The van der Waals surface area contributed by atoms with Gasteiger partial charge in [0.15, 0.2) is 0 Å². The van der Waals surface area contributed by atoms with Gasteiger partial charge in [0, 0.05) is 34.3 Å². The molecule has 12 heteroatoms. The summed E-state index contributed by atoms with van der Waals surface area (Å²) in [5, 5.41) is 5.29. The van der Waals surface area contributed by atoms with Gasteiger partial charge in [0.2, 0.25) is 11.8 Å². The van der Waals surface area contributed by atoms with Crippen LogP contribution in [0.25, 0.3) is 11.3 Å². The summed E-state index contributed by atoms with van der Waals surface area (Å²) in [5.74, 6) is -1.00. The highest BCUT2D eigenvalue weighted by molar-refractivity contribution is 6.31. The smallest absolute Gasteiger partial charge is 0.254 e. The summed E-state index contributed by atoms with van der Waals surface area (Å²) in [7, 11) is 0. The Labute approximate surface area is 239 Å². The average Bonchev–Trinajstić information content (AvgIpc) is 3.38. The number of amides is 2. The van der Waals surface area contributed by atoms with Gasteiger partial charge >= 0.3 is 0 Å². The van der Waals surface area contributed by atoms with E-state index in [0.29, 0.717) is 38.4 Å². The molecule has 2 heterocycles. The van der Waals surface area contributed by atoms with Gasteiger partial charge in [-0.25, -0.2) is 4.98 Å². The summed E-state index contributed by atoms with van der Waals surface area (Å²) in [5.41, 5.74) is 13.8. The SMILES string of the molecule is NC(=O)c1ccc(NC(=O)[C@H](Cc2ccccc2)n2cnc(-c3cc(Cl)ccc3N3C=C(Cl)NN3)cc2=O)cc1. The fraction of sp³-hybridized carbons (Fsp3) is 0.0714. The number of benzene rings is 3. The second-order valence-electron chi connectivity index (χ2n) is 8.90. The zero-order valence-electron chi connectivity index (χ0n) is 20.8. The largest absolute Gasteiger partial charge is 0.366 e. The molecule has 0 aliphatic carbocycles. The third-order valence-corrected chi connectivity index (χ3v) is 6.64. The molecule has 0 fully saturated rings. The third-order valence-electron chi connectivity index (χ3n) is 6.22. The number of nitrogens with zero attached hydrogens (tertiary/aromatic N) is 3. The van der Waals surface area contributed by atoms with E-state index >= 15 is 0 Å². The van der Waals surface area contributed by atoms with Crippen LogP contribution in [-0.4, -0.2) is 21.4 Å². The number of aromatic nitrogens is 2. The predicted molar refractivity (Wildman–Crippen MR) is 154 cm³/mol. The first-order valence-corrected chi connectivity index (χ1v) is 12.8. The fourth-order valence-corrected chi connectivity index (χ4v) is 4.55. The maximum absolute atomic E-state index is 13.5. The second-order valence-corrected chi connectivity index (χ2v) is 9.74. The maximum Gasteiger partial charge on any atom is 0.254 e. The number of anilines is 2. The lowest BCUT2D eigenvalue weighted by Crippen LogP contribution is -2.36. The molecule has 10 nitrogen and oxygen atoms in total. The number of carbonyl (C=O) groups is 2. The number of hydrogen-bond acceptors (Lipinski definition) is 7. The van der Waals surface area contributed by atoms with Crippen LogP contribution in [0.2, 0.25) is 5.02 Å². The minimum absolute atomic E-state index is 0.238. The Morgan fingerprint density at radius 1 is 1.00 bits per heavy atom. The van der Waals surface area contributed by atoms with E-state index < -0.39 is 23.4 Å². The number of halogens is 2. The lowest BCUT2D eigenvalue weighted by Gasteiger charge is -2.21. The minimum Gasteiger partial charge on any atom is -0.366 e. The van der Waals surface area contributed by atoms with E-state index in [2.05, 4.69) is 21.3 Å². The summed E-state index contributed by atoms with van der Waals surface area (Å²) >= 11 is 12.3. The van der Waals surface area contributed by atoms with Crippen LogP contribution < -0.4 is 32.6 Å². The third kappa shape index (κ3) is 5.99. The number of hydrazine groups is 2. The molecule has 5 N–H and O–H groups in total. The van der Waals surface area contributed by atoms with Gasteiger partial charge in [-0.1, -0.05) is 53.5 Å². The van der Waals surface area contributed by atoms with Gasteiger partial charge in [-0.05, 0) is 48.0 Å². The van der Waals surface area contributed by atoms with Crippen LogP contribution in [0.4, 0.5) is 11.4 Å². The highest BCUT2D eigenvalue weighted by atomic mass is 35.5. The highest BCUT2D eigenvalue weighted by Gasteiger charge is 2.24. The number of primary amides is 1. The molecule has 0 radical (unpaired) electrons. The standard InChI is InChI=1S/C28H23Cl2N7O3/c29-19-8-11-23(37-15-25(30)34-35-37)21(13-19)22-14-26(38)36(16-32-22)24(12-17-4-2-1-3-5-17)28(40)33-20-9-6-18(7-10-20)27(31)39/h1-11,13-16,24,34-35H,12H2,(H2,31,39)(H,33,40)/t24-/m0/s1. The van der Waals surface area contributed by atoms with Crippen molar-refractivity contribution in [2.75, 3.05) is 10.3 Å². The van der Waals surface area contributed by atoms with Crippen molar-refractivity contribution in [3.63, 3.8) is 0 Å². The Bertz CT molecular complexity index is 1660. The molecule has 1 aromatic heterocycles. The van der Waals surface area contributed by atoms with Crippen LogP contribution in [0.1, 0.15) is 22.0 Å². The summed E-state index contributed by atoms with van der Waals surface area (Å²) in [6.45, 7) is 0. The van der Waals surface area contributed by atoms with Crippen molar-refractivity contribution in [1.82, 2.24) is 20.5 Å². The molecule has 1 atom stereocenters. The van der Waals surface area contributed by atoms with Gasteiger partial charge in [0.05, 0.1) is 23.9 Å². The van der Waals surface area contributed by atoms with E-state index in [0.717, 1.165) is 5.56 Å². The predicted octanol–water partition coefficient (Wildman–Crippen LogP) is 3.95. The number of rotatable bonds is 8. The molecule has 1 aliphatic rings. The summed E-state index contributed by atoms with van der Waals surface area (Å²) in [4.78, 5) is 42.9. The molecular weight excluding hydrogens is 553 g/mol. The zero-order valence-corrected chi connectivity index (χ0v) is 22.4. The molecule has 0 bridgehead atoms. The minimum atomic E-state index is -0.919. The summed E-state index contributed by atoms with van der Waals surface area (Å²) in [6, 6.07) is 21.1. The monoisotopic (exact) mass is 575 g/mol. The average molecular weight is 576 g/mol. The molecule has 0 spiro atoms. The lowest BCUT2D eigenvalue weighted by molar-refractivity contribution is -0.119. The van der Waals surface area contributed by atoms with Crippen LogP contribution in [-0.2, 0) is 11.2 Å². The Morgan fingerprint density at radius 3 is 2.40 bits per heavy atom. The molecule has 0 unspecified atom stereocenters. The van der Waals surface area contributed by atoms with E-state index in [1.54, 1.807) is 41.5 Å². The molecule has 0 saturated heterocycles. The molecule has 202 valence electrons. The van der Waals surface area contributed by atoms with Crippen molar-refractivity contribution < 1.29 is 9.59 Å². The lowest BCUT2D eigenvalue weighted by atomic mass is 10.0. The van der Waals surface area contributed by atoms with Crippen LogP contribution >= 0.6 is 23.2 Å². The number of carbonyl (C=O) groups excluding carboxylic acids is 2. The summed E-state index contributed by atoms with van der Waals surface area (Å²) in [6.07, 6.45) is 3.22. The van der Waals surface area contributed by atoms with Crippen molar-refractivity contribution in [2.24, 2.45) is 5.73 Å². The first kappa shape index (κ1) is 26.9. The van der Waals surface area contributed by atoms with Crippen LogP contribution in [0.15, 0.2) is 101 Å². The van der Waals surface area contributed by atoms with Crippen LogP contribution in [0, 0.1) is 0 Å². The highest BCUT2D eigenvalue weighted by Crippen LogP contribution is 2.32. The first-order chi connectivity index (χ1) is 19.3. The number of nitrogens with two attached hydrogens (primary N) is 1. The van der Waals surface area contributed by atoms with Gasteiger partial charge in [0.1, 0.15) is 11.2 Å². The summed E-state index contributed by atoms with van der Waals surface area (Å²) < 4.78 is 1.29. The van der Waals surface area contributed by atoms with Gasteiger partial charge in [0.25, 0.3) is 5.56 Å². The molecule has 1 aliphatic heterocycles. The Kier molecular flexibility index (Phi) is 7.83. The van der Waals surface area contributed by atoms with E-state index in [1.165, 1.54) is 29.1 Å². The van der Waals surface area contributed by atoms with Crippen LogP contribution in [0.5, 0.6) is 0 Å². The molecule has 0 saturated carbocycles. The Morgan fingerprint density at radius 2 is 1.75 bits per heavy atom. The molecule has 3 aromatic carbocycles. The van der Waals surface area contributed by atoms with E-state index in [4.69, 9.17) is 28.9 Å². The molecule has 5 rings (SSSR count). The van der Waals surface area contributed by atoms with Crippen molar-refractivity contribution in [3.8, 4) is 11.3 Å². The number of hydrogen-bond donors (Lipinski definition) is 4. The Hall–Kier alpha value is -4.64. The van der Waals surface area contributed by atoms with Crippen molar-refractivity contribution >= 4 is 46.4 Å². The second kappa shape index (κ2) is 11.6. The zero-order chi connectivity index (χ0) is 28.2. The van der Waals surface area contributed by atoms with Gasteiger partial charge in [-0.2, -0.15) is 0 Å². The van der Waals surface area contributed by atoms with Crippen molar-refractivity contribution in [2.45, 2.75) is 12.5 Å². The van der Waals surface area contributed by atoms with Crippen molar-refractivity contribution in [1.29, 1.82) is 0 Å². The topological polar surface area (TPSA) is 134 Å². The maximum atomic E-state index is 13.5. The normalized spacial score (nSPS) is 13.3. The van der Waals surface area contributed by atoms with E-state index in [-0.39, 0.29) is 6.42 Å². The van der Waals surface area contributed by atoms with Crippen LogP contribution in [0.3, 0.4) is 0 Å². The van der Waals surface area contributed by atoms with Gasteiger partial charge in [-0.15, -0.1) is 5.53 Å². The number of nitrogens with one attached hydrogen (secondary N) is 3. The molecule has 40 heavy (non-hydrogen) atoms. The van der Waals surface area contributed by atoms with E-state index in [9.17, 15) is 14.4 Å². The molecular formula is C28H23Cl2N7O3. The fourth-order valence-electron chi connectivity index (χ4n) is 4.23. The first-order valence-electron chi connectivity index (χ1n) is 12.1. The quantitative estimate of drug-likeness (QED) is 0.234. The Balaban J connectivity index is 1.49.